The zero-order chi connectivity index (χ0) is 29.1. The molecule has 1 aliphatic heterocycles. The van der Waals surface area contributed by atoms with Gasteiger partial charge >= 0.3 is 0 Å². The predicted octanol–water partition coefficient (Wildman–Crippen LogP) is 2.52. The Balaban J connectivity index is 1.84. The summed E-state index contributed by atoms with van der Waals surface area (Å²) >= 11 is 0. The standard InChI is InChI=1S/C27H33N3O8S/c1-27(2,3)24(32)23(38-18-8-10-19(11-9-18)39(6,35)36)26(34)29-20-14-17(7-12-21(20)37-5)28-25(33)16-13-22(31)30(4)15-16/h7-12,14,16,23H,13,15H2,1-6H3,(H,28,33)(H,29,34). The quantitative estimate of drug-likeness (QED) is 0.446. The van der Waals surface area contributed by atoms with Crippen LogP contribution in [0, 0.1) is 11.3 Å². The van der Waals surface area contributed by atoms with Crippen molar-refractivity contribution < 1.29 is 37.1 Å². The van der Waals surface area contributed by atoms with Crippen LogP contribution in [0.3, 0.4) is 0 Å². The van der Waals surface area contributed by atoms with E-state index in [0.717, 1.165) is 6.26 Å². The minimum Gasteiger partial charge on any atom is -0.495 e. The number of carbonyl (C=O) groups excluding carboxylic acids is 4. The first-order valence-electron chi connectivity index (χ1n) is 12.1. The lowest BCUT2D eigenvalue weighted by Gasteiger charge is -2.25. The molecule has 11 nitrogen and oxygen atoms in total. The van der Waals surface area contributed by atoms with Crippen molar-refractivity contribution in [3.05, 3.63) is 42.5 Å². The summed E-state index contributed by atoms with van der Waals surface area (Å²) in [6.07, 6.45) is -0.393. The van der Waals surface area contributed by atoms with Crippen molar-refractivity contribution in [3.8, 4) is 11.5 Å². The molecule has 0 radical (unpaired) electrons. The second kappa shape index (κ2) is 11.4. The molecule has 1 aliphatic rings. The number of nitrogens with one attached hydrogen (secondary N) is 2. The van der Waals surface area contributed by atoms with Crippen LogP contribution >= 0.6 is 0 Å². The lowest BCUT2D eigenvalue weighted by Crippen LogP contribution is -2.45. The Hall–Kier alpha value is -3.93. The van der Waals surface area contributed by atoms with E-state index >= 15 is 0 Å². The van der Waals surface area contributed by atoms with Gasteiger partial charge in [0.2, 0.25) is 17.9 Å². The van der Waals surface area contributed by atoms with E-state index in [0.29, 0.717) is 12.2 Å². The summed E-state index contributed by atoms with van der Waals surface area (Å²) < 4.78 is 34.6. The molecule has 1 heterocycles. The van der Waals surface area contributed by atoms with Crippen molar-refractivity contribution in [3.63, 3.8) is 0 Å². The van der Waals surface area contributed by atoms with Crippen molar-refractivity contribution in [1.29, 1.82) is 0 Å². The topological polar surface area (TPSA) is 148 Å². The van der Waals surface area contributed by atoms with E-state index in [1.165, 1.54) is 42.3 Å². The van der Waals surface area contributed by atoms with Gasteiger partial charge in [0, 0.05) is 37.4 Å². The number of anilines is 2. The smallest absolute Gasteiger partial charge is 0.273 e. The number of Topliss-reactive ketones (excluding diaryl/α,β-unsaturated/α-hetero) is 1. The molecule has 3 amide bonds. The fourth-order valence-corrected chi connectivity index (χ4v) is 4.52. The highest BCUT2D eigenvalue weighted by Gasteiger charge is 2.37. The minimum absolute atomic E-state index is 0.0650. The largest absolute Gasteiger partial charge is 0.495 e. The molecule has 2 atom stereocenters. The average molecular weight is 560 g/mol. The zero-order valence-corrected chi connectivity index (χ0v) is 23.5. The molecule has 2 aromatic carbocycles. The van der Waals surface area contributed by atoms with Crippen LogP contribution in [0.4, 0.5) is 11.4 Å². The van der Waals surface area contributed by atoms with E-state index in [9.17, 15) is 27.6 Å². The molecular weight excluding hydrogens is 526 g/mol. The number of amides is 3. The molecule has 12 heteroatoms. The van der Waals surface area contributed by atoms with Crippen molar-refractivity contribution in [2.45, 2.75) is 38.2 Å². The number of ether oxygens (including phenoxy) is 2. The van der Waals surface area contributed by atoms with Crippen LogP contribution in [0.1, 0.15) is 27.2 Å². The third-order valence-corrected chi connectivity index (χ3v) is 7.29. The molecule has 0 spiro atoms. The summed E-state index contributed by atoms with van der Waals surface area (Å²) in [5.74, 6) is -1.84. The van der Waals surface area contributed by atoms with E-state index in [4.69, 9.17) is 9.47 Å². The summed E-state index contributed by atoms with van der Waals surface area (Å²) in [7, 11) is -0.404. The van der Waals surface area contributed by atoms with Crippen LogP contribution < -0.4 is 20.1 Å². The van der Waals surface area contributed by atoms with Gasteiger partial charge in [-0.15, -0.1) is 0 Å². The first-order chi connectivity index (χ1) is 18.1. The van der Waals surface area contributed by atoms with Crippen molar-refractivity contribution in [2.75, 3.05) is 37.6 Å². The molecule has 210 valence electrons. The number of carbonyl (C=O) groups is 4. The van der Waals surface area contributed by atoms with Gasteiger partial charge in [-0.3, -0.25) is 19.2 Å². The molecule has 2 unspecified atom stereocenters. The molecule has 3 rings (SSSR count). The SMILES string of the molecule is COc1ccc(NC(=O)C2CC(=O)N(C)C2)cc1NC(=O)C(Oc1ccc(S(C)(=O)=O)cc1)C(=O)C(C)(C)C. The van der Waals surface area contributed by atoms with Crippen LogP contribution in [0.2, 0.25) is 0 Å². The monoisotopic (exact) mass is 559 g/mol. The molecule has 2 N–H and O–H groups in total. The Kier molecular flexibility index (Phi) is 8.69. The number of methoxy groups -OCH3 is 1. The van der Waals surface area contributed by atoms with Gasteiger partial charge in [-0.05, 0) is 42.5 Å². The molecule has 0 aromatic heterocycles. The number of benzene rings is 2. The Labute approximate surface area is 227 Å². The number of ketones is 1. The Bertz CT molecular complexity index is 1380. The highest BCUT2D eigenvalue weighted by molar-refractivity contribution is 7.90. The van der Waals surface area contributed by atoms with E-state index < -0.39 is 39.0 Å². The summed E-state index contributed by atoms with van der Waals surface area (Å²) in [4.78, 5) is 52.6. The third-order valence-electron chi connectivity index (χ3n) is 6.16. The molecule has 39 heavy (non-hydrogen) atoms. The van der Waals surface area contributed by atoms with Gasteiger partial charge in [-0.25, -0.2) is 8.42 Å². The molecule has 0 saturated carbocycles. The number of hydrogen-bond acceptors (Lipinski definition) is 8. The van der Waals surface area contributed by atoms with Gasteiger partial charge in [-0.1, -0.05) is 20.8 Å². The summed E-state index contributed by atoms with van der Waals surface area (Å²) in [5.41, 5.74) is -0.405. The van der Waals surface area contributed by atoms with Crippen LogP contribution in [0.5, 0.6) is 11.5 Å². The summed E-state index contributed by atoms with van der Waals surface area (Å²) in [6, 6.07) is 10.0. The van der Waals surface area contributed by atoms with Gasteiger partial charge in [0.1, 0.15) is 11.5 Å². The van der Waals surface area contributed by atoms with Gasteiger partial charge < -0.3 is 25.0 Å². The third kappa shape index (κ3) is 7.34. The fourth-order valence-electron chi connectivity index (χ4n) is 3.89. The number of hydrogen-bond donors (Lipinski definition) is 2. The number of rotatable bonds is 9. The van der Waals surface area contributed by atoms with Crippen LogP contribution in [0.15, 0.2) is 47.4 Å². The Morgan fingerprint density at radius 3 is 2.21 bits per heavy atom. The second-order valence-electron chi connectivity index (χ2n) is 10.4. The Morgan fingerprint density at radius 2 is 1.69 bits per heavy atom. The van der Waals surface area contributed by atoms with Crippen molar-refractivity contribution >= 4 is 44.7 Å². The summed E-state index contributed by atoms with van der Waals surface area (Å²) in [6.45, 7) is 5.25. The maximum Gasteiger partial charge on any atom is 0.273 e. The van der Waals surface area contributed by atoms with Gasteiger partial charge in [0.25, 0.3) is 5.91 Å². The molecule has 1 saturated heterocycles. The number of nitrogens with zero attached hydrogens (tertiary/aromatic N) is 1. The average Bonchev–Trinajstić information content (AvgIpc) is 3.19. The first kappa shape index (κ1) is 29.6. The van der Waals surface area contributed by atoms with Crippen LogP contribution in [-0.2, 0) is 29.0 Å². The molecule has 1 fully saturated rings. The maximum absolute atomic E-state index is 13.4. The number of sulfone groups is 1. The molecular formula is C27H33N3O8S. The van der Waals surface area contributed by atoms with E-state index in [-0.39, 0.29) is 40.3 Å². The molecule has 2 aromatic rings. The second-order valence-corrected chi connectivity index (χ2v) is 12.4. The van der Waals surface area contributed by atoms with E-state index in [2.05, 4.69) is 10.6 Å². The van der Waals surface area contributed by atoms with Gasteiger partial charge in [0.05, 0.1) is 23.6 Å². The Morgan fingerprint density at radius 1 is 1.05 bits per heavy atom. The normalized spacial score (nSPS) is 16.4. The molecule has 0 bridgehead atoms. The van der Waals surface area contributed by atoms with Crippen LogP contribution in [-0.4, -0.2) is 69.9 Å². The highest BCUT2D eigenvalue weighted by atomic mass is 32.2. The number of likely N-dealkylation sites (tertiary alicyclic amines) is 1. The lowest BCUT2D eigenvalue weighted by atomic mass is 9.87. The van der Waals surface area contributed by atoms with Crippen LogP contribution in [0.25, 0.3) is 0 Å². The van der Waals surface area contributed by atoms with Gasteiger partial charge in [0.15, 0.2) is 15.6 Å². The van der Waals surface area contributed by atoms with Crippen molar-refractivity contribution in [1.82, 2.24) is 4.90 Å². The van der Waals surface area contributed by atoms with Gasteiger partial charge in [-0.2, -0.15) is 0 Å². The summed E-state index contributed by atoms with van der Waals surface area (Å²) in [5, 5.41) is 5.40. The predicted molar refractivity (Wildman–Crippen MR) is 144 cm³/mol. The maximum atomic E-state index is 13.4. The zero-order valence-electron chi connectivity index (χ0n) is 22.7. The fraction of sp³-hybridized carbons (Fsp3) is 0.407. The van der Waals surface area contributed by atoms with Crippen molar-refractivity contribution in [2.24, 2.45) is 11.3 Å². The highest BCUT2D eigenvalue weighted by Crippen LogP contribution is 2.30. The minimum atomic E-state index is -3.44. The lowest BCUT2D eigenvalue weighted by molar-refractivity contribution is -0.140. The first-order valence-corrected chi connectivity index (χ1v) is 14.0. The van der Waals surface area contributed by atoms with E-state index in [1.807, 2.05) is 0 Å². The van der Waals surface area contributed by atoms with E-state index in [1.54, 1.807) is 40.0 Å². The molecule has 0 aliphatic carbocycles.